The molecule has 0 saturated carbocycles. The van der Waals surface area contributed by atoms with Gasteiger partial charge in [-0.15, -0.1) is 0 Å². The van der Waals surface area contributed by atoms with Crippen molar-refractivity contribution in [2.45, 2.75) is 200 Å². The number of carbonyl (C=O) groups is 2. The predicted molar refractivity (Wildman–Crippen MR) is 205 cm³/mol. The van der Waals surface area contributed by atoms with Gasteiger partial charge in [-0.25, -0.2) is 0 Å². The van der Waals surface area contributed by atoms with E-state index in [-0.39, 0.29) is 31.6 Å². The quantitative estimate of drug-likeness (QED) is 0.0407. The van der Waals surface area contributed by atoms with Crippen LogP contribution in [0.15, 0.2) is 48.6 Å². The molecule has 0 aliphatic carbocycles. The van der Waals surface area contributed by atoms with Crippen molar-refractivity contribution in [1.82, 2.24) is 0 Å². The second-order valence-electron chi connectivity index (χ2n) is 13.4. The van der Waals surface area contributed by atoms with Gasteiger partial charge in [-0.3, -0.25) is 9.59 Å². The predicted octanol–water partition coefficient (Wildman–Crippen LogP) is 12.6. The molecule has 0 fully saturated rings. The minimum Gasteiger partial charge on any atom is -0.462 e. The fourth-order valence-corrected chi connectivity index (χ4v) is 5.51. The Morgan fingerprint density at radius 1 is 0.479 bits per heavy atom. The van der Waals surface area contributed by atoms with Gasteiger partial charge in [0.2, 0.25) is 0 Å². The van der Waals surface area contributed by atoms with Crippen molar-refractivity contribution in [1.29, 1.82) is 0 Å². The summed E-state index contributed by atoms with van der Waals surface area (Å²) in [5, 5.41) is 9.55. The van der Waals surface area contributed by atoms with Gasteiger partial charge in [0.25, 0.3) is 0 Å². The molecule has 0 rings (SSSR count). The molecule has 1 unspecified atom stereocenters. The molecule has 0 aliphatic rings. The first-order chi connectivity index (χ1) is 23.6. The molecule has 0 radical (unpaired) electrons. The van der Waals surface area contributed by atoms with Crippen molar-refractivity contribution in [2.24, 2.45) is 0 Å². The Labute approximate surface area is 297 Å². The highest BCUT2D eigenvalue weighted by atomic mass is 16.6. The summed E-state index contributed by atoms with van der Waals surface area (Å²) >= 11 is 0. The summed E-state index contributed by atoms with van der Waals surface area (Å²) in [7, 11) is 0. The summed E-state index contributed by atoms with van der Waals surface area (Å²) in [6.45, 7) is 4.08. The average molecular weight is 673 g/mol. The van der Waals surface area contributed by atoms with Gasteiger partial charge in [0, 0.05) is 12.8 Å². The van der Waals surface area contributed by atoms with Crippen LogP contribution in [-0.2, 0) is 19.1 Å². The number of hydrogen-bond acceptors (Lipinski definition) is 5. The van der Waals surface area contributed by atoms with Gasteiger partial charge in [-0.05, 0) is 70.6 Å². The van der Waals surface area contributed by atoms with Crippen LogP contribution in [0.3, 0.4) is 0 Å². The maximum absolute atomic E-state index is 12.1. The molecule has 1 N–H and O–H groups in total. The Bertz CT molecular complexity index is 812. The summed E-state index contributed by atoms with van der Waals surface area (Å²) in [6.07, 6.45) is 48.9. The molecular formula is C43H76O5. The lowest BCUT2D eigenvalue weighted by Gasteiger charge is -2.15. The van der Waals surface area contributed by atoms with E-state index in [2.05, 4.69) is 62.5 Å². The van der Waals surface area contributed by atoms with E-state index < -0.39 is 6.10 Å². The van der Waals surface area contributed by atoms with Crippen LogP contribution in [-0.4, -0.2) is 36.4 Å². The van der Waals surface area contributed by atoms with Crippen LogP contribution in [0.2, 0.25) is 0 Å². The highest BCUT2D eigenvalue weighted by molar-refractivity contribution is 5.70. The number of ether oxygens (including phenoxy) is 2. The SMILES string of the molecule is CCCCCCC=CCCCCCCCCCC(=O)OCC(CO)OC(=O)CCCC=CCC=CCC=CCCCCCCCCCC. The van der Waals surface area contributed by atoms with E-state index in [0.717, 1.165) is 38.5 Å². The number of carbonyl (C=O) groups excluding carboxylic acids is 2. The maximum Gasteiger partial charge on any atom is 0.306 e. The Morgan fingerprint density at radius 2 is 0.854 bits per heavy atom. The van der Waals surface area contributed by atoms with Crippen LogP contribution < -0.4 is 0 Å². The number of unbranched alkanes of at least 4 members (excludes halogenated alkanes) is 20. The molecule has 0 bridgehead atoms. The van der Waals surface area contributed by atoms with Crippen LogP contribution in [0.25, 0.3) is 0 Å². The molecule has 0 saturated heterocycles. The molecule has 0 aliphatic heterocycles. The zero-order valence-electron chi connectivity index (χ0n) is 31.5. The number of hydrogen-bond donors (Lipinski definition) is 1. The second kappa shape index (κ2) is 39.3. The van der Waals surface area contributed by atoms with E-state index >= 15 is 0 Å². The lowest BCUT2D eigenvalue weighted by Crippen LogP contribution is -2.28. The lowest BCUT2D eigenvalue weighted by atomic mass is 10.1. The third-order valence-electron chi connectivity index (χ3n) is 8.60. The standard InChI is InChI=1S/C43H76O5/c1-3-5-7-9-11-13-15-17-19-20-21-22-24-26-28-30-32-34-36-38-43(46)48-41(39-44)40-47-42(45)37-35-33-31-29-27-25-23-18-16-14-12-10-8-6-4-2/h14,16,20-21,24,26,30,32,41,44H,3-13,15,17-19,22-23,25,27-29,31,33-40H2,1-2H3. The first-order valence-corrected chi connectivity index (χ1v) is 20.2. The fourth-order valence-electron chi connectivity index (χ4n) is 5.51. The second-order valence-corrected chi connectivity index (χ2v) is 13.4. The van der Waals surface area contributed by atoms with Crippen LogP contribution in [0.1, 0.15) is 194 Å². The van der Waals surface area contributed by atoms with Crippen molar-refractivity contribution in [3.8, 4) is 0 Å². The normalized spacial score (nSPS) is 12.6. The minimum absolute atomic E-state index is 0.0884. The third kappa shape index (κ3) is 36.7. The fraction of sp³-hybridized carbons (Fsp3) is 0.767. The molecule has 0 aromatic carbocycles. The van der Waals surface area contributed by atoms with Gasteiger partial charge in [0.1, 0.15) is 6.61 Å². The smallest absolute Gasteiger partial charge is 0.306 e. The molecule has 1 atom stereocenters. The van der Waals surface area contributed by atoms with E-state index in [1.165, 1.54) is 122 Å². The zero-order chi connectivity index (χ0) is 35.0. The van der Waals surface area contributed by atoms with Gasteiger partial charge in [0.05, 0.1) is 6.61 Å². The van der Waals surface area contributed by atoms with E-state index in [4.69, 9.17) is 9.47 Å². The van der Waals surface area contributed by atoms with E-state index in [9.17, 15) is 14.7 Å². The molecular weight excluding hydrogens is 596 g/mol. The van der Waals surface area contributed by atoms with Crippen molar-refractivity contribution in [2.75, 3.05) is 13.2 Å². The lowest BCUT2D eigenvalue weighted by molar-refractivity contribution is -0.161. The summed E-state index contributed by atoms with van der Waals surface area (Å²) in [5.41, 5.74) is 0. The van der Waals surface area contributed by atoms with Crippen LogP contribution >= 0.6 is 0 Å². The summed E-state index contributed by atoms with van der Waals surface area (Å²) in [4.78, 5) is 24.2. The van der Waals surface area contributed by atoms with Gasteiger partial charge in [-0.1, -0.05) is 159 Å². The highest BCUT2D eigenvalue weighted by Gasteiger charge is 2.15. The van der Waals surface area contributed by atoms with E-state index in [1.54, 1.807) is 0 Å². The molecule has 278 valence electrons. The van der Waals surface area contributed by atoms with Gasteiger partial charge in [0.15, 0.2) is 6.10 Å². The minimum atomic E-state index is -0.799. The molecule has 5 nitrogen and oxygen atoms in total. The topological polar surface area (TPSA) is 72.8 Å². The summed E-state index contributed by atoms with van der Waals surface area (Å²) in [6, 6.07) is 0. The number of aliphatic hydroxyl groups is 1. The maximum atomic E-state index is 12.1. The first kappa shape index (κ1) is 45.9. The Morgan fingerprint density at radius 3 is 1.35 bits per heavy atom. The summed E-state index contributed by atoms with van der Waals surface area (Å²) < 4.78 is 10.6. The van der Waals surface area contributed by atoms with Crippen molar-refractivity contribution >= 4 is 11.9 Å². The molecule has 0 aromatic rings. The Hall–Kier alpha value is -2.14. The molecule has 5 heteroatoms. The third-order valence-corrected chi connectivity index (χ3v) is 8.60. The number of aliphatic hydroxyl groups excluding tert-OH is 1. The van der Waals surface area contributed by atoms with Crippen LogP contribution in [0.5, 0.6) is 0 Å². The Kier molecular flexibility index (Phi) is 37.5. The van der Waals surface area contributed by atoms with Gasteiger partial charge < -0.3 is 14.6 Å². The zero-order valence-corrected chi connectivity index (χ0v) is 31.5. The molecule has 0 heterocycles. The Balaban J connectivity index is 3.65. The number of allylic oxidation sites excluding steroid dienone is 8. The number of esters is 2. The average Bonchev–Trinajstić information content (AvgIpc) is 3.09. The summed E-state index contributed by atoms with van der Waals surface area (Å²) in [5.74, 6) is -0.657. The molecule has 0 amide bonds. The van der Waals surface area contributed by atoms with E-state index in [1.807, 2.05) is 0 Å². The van der Waals surface area contributed by atoms with Crippen molar-refractivity contribution in [3.05, 3.63) is 48.6 Å². The van der Waals surface area contributed by atoms with Crippen LogP contribution in [0.4, 0.5) is 0 Å². The van der Waals surface area contributed by atoms with Crippen molar-refractivity contribution in [3.63, 3.8) is 0 Å². The molecule has 48 heavy (non-hydrogen) atoms. The molecule has 0 spiro atoms. The highest BCUT2D eigenvalue weighted by Crippen LogP contribution is 2.12. The van der Waals surface area contributed by atoms with Gasteiger partial charge >= 0.3 is 11.9 Å². The first-order valence-electron chi connectivity index (χ1n) is 20.2. The van der Waals surface area contributed by atoms with Crippen molar-refractivity contribution < 1.29 is 24.2 Å². The monoisotopic (exact) mass is 673 g/mol. The largest absolute Gasteiger partial charge is 0.462 e. The number of rotatable bonds is 36. The molecule has 0 aromatic heterocycles. The van der Waals surface area contributed by atoms with Crippen LogP contribution in [0, 0.1) is 0 Å². The van der Waals surface area contributed by atoms with E-state index in [0.29, 0.717) is 12.8 Å². The van der Waals surface area contributed by atoms with Gasteiger partial charge in [-0.2, -0.15) is 0 Å².